The molecule has 4 rings (SSSR count). The van der Waals surface area contributed by atoms with E-state index in [0.717, 1.165) is 35.5 Å². The molecule has 2 heterocycles. The molecule has 0 unspecified atom stereocenters. The average molecular weight is 396 g/mol. The van der Waals surface area contributed by atoms with Crippen molar-refractivity contribution in [3.05, 3.63) is 76.4 Å². The van der Waals surface area contributed by atoms with E-state index in [4.69, 9.17) is 16.7 Å². The summed E-state index contributed by atoms with van der Waals surface area (Å²) in [6.07, 6.45) is 1.34. The summed E-state index contributed by atoms with van der Waals surface area (Å²) >= 11 is 6.08. The van der Waals surface area contributed by atoms with Gasteiger partial charge in [-0.15, -0.1) is 0 Å². The number of nitrogens with zero attached hydrogens (tertiary/aromatic N) is 3. The van der Waals surface area contributed by atoms with Gasteiger partial charge in [-0.1, -0.05) is 54.1 Å². The lowest BCUT2D eigenvalue weighted by Crippen LogP contribution is -2.31. The van der Waals surface area contributed by atoms with Gasteiger partial charge in [0, 0.05) is 42.2 Å². The number of amides is 1. The number of fused-ring (bicyclic) bond motifs is 1. The zero-order valence-corrected chi connectivity index (χ0v) is 16.3. The molecule has 1 N–H and O–H groups in total. The molecule has 2 aromatic carbocycles. The third kappa shape index (κ3) is 3.90. The van der Waals surface area contributed by atoms with Crippen molar-refractivity contribution < 1.29 is 9.90 Å². The van der Waals surface area contributed by atoms with Gasteiger partial charge in [-0.25, -0.2) is 4.79 Å². The predicted octanol–water partition coefficient (Wildman–Crippen LogP) is 4.52. The Balaban J connectivity index is 1.69. The Morgan fingerprint density at radius 3 is 2.46 bits per heavy atom. The first kappa shape index (κ1) is 18.6. The third-order valence-electron chi connectivity index (χ3n) is 5.23. The van der Waals surface area contributed by atoms with E-state index in [-0.39, 0.29) is 0 Å². The van der Waals surface area contributed by atoms with E-state index in [1.54, 1.807) is 0 Å². The normalized spacial score (nSPS) is 13.8. The van der Waals surface area contributed by atoms with Crippen molar-refractivity contribution >= 4 is 17.7 Å². The average Bonchev–Trinajstić information content (AvgIpc) is 2.91. The van der Waals surface area contributed by atoms with Crippen LogP contribution in [0.1, 0.15) is 16.8 Å². The lowest BCUT2D eigenvalue weighted by Gasteiger charge is -2.16. The van der Waals surface area contributed by atoms with Crippen LogP contribution in [0, 0.1) is 0 Å². The molecule has 0 saturated heterocycles. The Hall–Kier alpha value is -2.79. The highest BCUT2D eigenvalue weighted by atomic mass is 35.5. The second-order valence-electron chi connectivity index (χ2n) is 7.01. The van der Waals surface area contributed by atoms with Gasteiger partial charge < -0.3 is 10.0 Å². The third-order valence-corrected chi connectivity index (χ3v) is 5.48. The van der Waals surface area contributed by atoms with Gasteiger partial charge in [-0.3, -0.25) is 4.68 Å². The van der Waals surface area contributed by atoms with Crippen LogP contribution in [0.15, 0.2) is 54.6 Å². The summed E-state index contributed by atoms with van der Waals surface area (Å²) in [7, 11) is 0. The molecule has 1 aliphatic heterocycles. The number of carboxylic acid groups (broad SMARTS) is 1. The largest absolute Gasteiger partial charge is 0.465 e. The van der Waals surface area contributed by atoms with E-state index < -0.39 is 6.09 Å². The van der Waals surface area contributed by atoms with Crippen LogP contribution in [-0.2, 0) is 25.8 Å². The zero-order chi connectivity index (χ0) is 19.5. The molecular weight excluding hydrogens is 374 g/mol. The van der Waals surface area contributed by atoms with Gasteiger partial charge in [0.15, 0.2) is 0 Å². The summed E-state index contributed by atoms with van der Waals surface area (Å²) in [4.78, 5) is 12.9. The molecule has 0 bridgehead atoms. The van der Waals surface area contributed by atoms with Crippen molar-refractivity contribution in [1.82, 2.24) is 14.7 Å². The molecular formula is C22H22ClN3O2. The minimum atomic E-state index is -0.866. The van der Waals surface area contributed by atoms with Crippen LogP contribution in [-0.4, -0.2) is 39.0 Å². The number of hydrogen-bond acceptors (Lipinski definition) is 2. The Kier molecular flexibility index (Phi) is 5.35. The summed E-state index contributed by atoms with van der Waals surface area (Å²) in [5.74, 6) is 0. The Bertz CT molecular complexity index is 967. The van der Waals surface area contributed by atoms with Gasteiger partial charge >= 0.3 is 6.09 Å². The number of halogens is 1. The maximum atomic E-state index is 11.4. The molecule has 1 aliphatic rings. The van der Waals surface area contributed by atoms with E-state index in [0.29, 0.717) is 31.0 Å². The molecule has 144 valence electrons. The Morgan fingerprint density at radius 1 is 1.04 bits per heavy atom. The first-order chi connectivity index (χ1) is 13.6. The predicted molar refractivity (Wildman–Crippen MR) is 110 cm³/mol. The molecule has 1 aromatic heterocycles. The van der Waals surface area contributed by atoms with Crippen LogP contribution in [0.25, 0.3) is 11.3 Å². The van der Waals surface area contributed by atoms with Crippen molar-refractivity contribution in [3.63, 3.8) is 0 Å². The van der Waals surface area contributed by atoms with Crippen LogP contribution in [0.5, 0.6) is 0 Å². The fourth-order valence-electron chi connectivity index (χ4n) is 3.78. The summed E-state index contributed by atoms with van der Waals surface area (Å²) < 4.78 is 2.08. The fraction of sp³-hybridized carbons (Fsp3) is 0.273. The highest BCUT2D eigenvalue weighted by molar-refractivity contribution is 6.30. The molecule has 0 spiro atoms. The van der Waals surface area contributed by atoms with E-state index in [1.807, 2.05) is 42.5 Å². The zero-order valence-electron chi connectivity index (χ0n) is 15.5. The number of aromatic nitrogens is 2. The van der Waals surface area contributed by atoms with Gasteiger partial charge in [0.05, 0.1) is 11.4 Å². The van der Waals surface area contributed by atoms with E-state index >= 15 is 0 Å². The molecule has 28 heavy (non-hydrogen) atoms. The van der Waals surface area contributed by atoms with Crippen LogP contribution >= 0.6 is 11.6 Å². The topological polar surface area (TPSA) is 58.4 Å². The number of aryl methyl sites for hydroxylation is 2. The first-order valence-electron chi connectivity index (χ1n) is 9.48. The van der Waals surface area contributed by atoms with Crippen LogP contribution in [0.4, 0.5) is 4.79 Å². The number of benzene rings is 2. The molecule has 5 nitrogen and oxygen atoms in total. The summed E-state index contributed by atoms with van der Waals surface area (Å²) in [5.41, 5.74) is 5.57. The quantitative estimate of drug-likeness (QED) is 0.706. The second-order valence-corrected chi connectivity index (χ2v) is 7.45. The second kappa shape index (κ2) is 8.07. The Labute approximate surface area is 169 Å². The first-order valence-corrected chi connectivity index (χ1v) is 9.86. The highest BCUT2D eigenvalue weighted by Gasteiger charge is 2.25. The van der Waals surface area contributed by atoms with Gasteiger partial charge in [0.25, 0.3) is 0 Å². The molecule has 6 heteroatoms. The summed E-state index contributed by atoms with van der Waals surface area (Å²) in [5, 5.41) is 14.9. The number of carbonyl (C=O) groups is 1. The molecule has 0 aliphatic carbocycles. The molecule has 1 amide bonds. The molecule has 0 atom stereocenters. The molecule has 0 radical (unpaired) electrons. The summed E-state index contributed by atoms with van der Waals surface area (Å²) in [6.45, 7) is 1.75. The van der Waals surface area contributed by atoms with E-state index in [1.165, 1.54) is 10.5 Å². The summed E-state index contributed by atoms with van der Waals surface area (Å²) in [6, 6.07) is 18.2. The molecule has 0 saturated carbocycles. The SMILES string of the molecule is O=C(O)N1CCc2nn(CCc3ccccc3)c(-c3ccc(Cl)cc3)c2CC1. The van der Waals surface area contributed by atoms with Crippen molar-refractivity contribution in [3.8, 4) is 11.3 Å². The van der Waals surface area contributed by atoms with Crippen LogP contribution < -0.4 is 0 Å². The van der Waals surface area contributed by atoms with Gasteiger partial charge in [0.1, 0.15) is 0 Å². The van der Waals surface area contributed by atoms with Gasteiger partial charge in [-0.05, 0) is 30.5 Å². The smallest absolute Gasteiger partial charge is 0.407 e. The molecule has 3 aromatic rings. The van der Waals surface area contributed by atoms with Crippen molar-refractivity contribution in [1.29, 1.82) is 0 Å². The van der Waals surface area contributed by atoms with Crippen molar-refractivity contribution in [2.45, 2.75) is 25.8 Å². The Morgan fingerprint density at radius 2 is 1.75 bits per heavy atom. The van der Waals surface area contributed by atoms with E-state index in [9.17, 15) is 9.90 Å². The van der Waals surface area contributed by atoms with Crippen molar-refractivity contribution in [2.24, 2.45) is 0 Å². The van der Waals surface area contributed by atoms with Crippen LogP contribution in [0.3, 0.4) is 0 Å². The fourth-order valence-corrected chi connectivity index (χ4v) is 3.90. The number of rotatable bonds is 4. The lowest BCUT2D eigenvalue weighted by atomic mass is 10.0. The van der Waals surface area contributed by atoms with Crippen LogP contribution in [0.2, 0.25) is 5.02 Å². The highest BCUT2D eigenvalue weighted by Crippen LogP contribution is 2.30. The molecule has 0 fully saturated rings. The minimum absolute atomic E-state index is 0.484. The monoisotopic (exact) mass is 395 g/mol. The minimum Gasteiger partial charge on any atom is -0.465 e. The standard InChI is InChI=1S/C22H22ClN3O2/c23-18-8-6-17(7-9-18)21-19-11-13-25(22(27)28)14-12-20(19)24-26(21)15-10-16-4-2-1-3-5-16/h1-9H,10-15H2,(H,27,28). The van der Waals surface area contributed by atoms with E-state index in [2.05, 4.69) is 16.8 Å². The van der Waals surface area contributed by atoms with Gasteiger partial charge in [-0.2, -0.15) is 5.10 Å². The maximum Gasteiger partial charge on any atom is 0.407 e. The number of hydrogen-bond donors (Lipinski definition) is 1. The van der Waals surface area contributed by atoms with Crippen molar-refractivity contribution in [2.75, 3.05) is 13.1 Å². The van der Waals surface area contributed by atoms with Gasteiger partial charge in [0.2, 0.25) is 0 Å². The maximum absolute atomic E-state index is 11.4. The lowest BCUT2D eigenvalue weighted by molar-refractivity contribution is 0.147.